The molecule has 4 atom stereocenters. The van der Waals surface area contributed by atoms with Crippen molar-refractivity contribution < 1.29 is 4.74 Å². The number of ether oxygens (including phenoxy) is 1. The van der Waals surface area contributed by atoms with Gasteiger partial charge in [-0.3, -0.25) is 0 Å². The lowest BCUT2D eigenvalue weighted by Crippen LogP contribution is -2.42. The maximum Gasteiger partial charge on any atom is 0.0671 e. The third-order valence-corrected chi connectivity index (χ3v) is 5.01. The molecular formula is C16H24O. The van der Waals surface area contributed by atoms with Crippen LogP contribution in [0, 0.1) is 17.8 Å². The maximum atomic E-state index is 6.22. The van der Waals surface area contributed by atoms with Crippen LogP contribution in [0.4, 0.5) is 0 Å². The number of allylic oxidation sites excluding steroid dienone is 3. The molecule has 1 aliphatic heterocycles. The standard InChI is InChI=1S/C16H24O/c1-11-3-7-14(8-4-11)16-15-9-13(10-17-16)6-5-12(15)2/h3,5,13-16H,4,6-10H2,1-2H3/t13-,14+,15+,16+/m0/s1. The summed E-state index contributed by atoms with van der Waals surface area (Å²) in [5.41, 5.74) is 3.17. The van der Waals surface area contributed by atoms with Gasteiger partial charge >= 0.3 is 0 Å². The first-order valence-corrected chi connectivity index (χ1v) is 7.18. The molecule has 1 heteroatoms. The molecule has 2 bridgehead atoms. The van der Waals surface area contributed by atoms with E-state index in [9.17, 15) is 0 Å². The van der Waals surface area contributed by atoms with Crippen LogP contribution in [0.2, 0.25) is 0 Å². The van der Waals surface area contributed by atoms with E-state index in [2.05, 4.69) is 26.0 Å². The lowest BCUT2D eigenvalue weighted by Gasteiger charge is -2.44. The van der Waals surface area contributed by atoms with E-state index in [0.717, 1.165) is 24.4 Å². The van der Waals surface area contributed by atoms with Crippen molar-refractivity contribution in [3.63, 3.8) is 0 Å². The van der Waals surface area contributed by atoms with E-state index in [4.69, 9.17) is 4.74 Å². The zero-order chi connectivity index (χ0) is 11.8. The molecule has 1 nitrogen and oxygen atoms in total. The Kier molecular flexibility index (Phi) is 3.12. The van der Waals surface area contributed by atoms with Gasteiger partial charge in [-0.25, -0.2) is 0 Å². The molecule has 1 heterocycles. The van der Waals surface area contributed by atoms with Crippen molar-refractivity contribution >= 4 is 0 Å². The Bertz CT molecular complexity index is 353. The third kappa shape index (κ3) is 2.22. The normalized spacial score (nSPS) is 41.8. The minimum absolute atomic E-state index is 0.507. The Morgan fingerprint density at radius 1 is 1.18 bits per heavy atom. The molecular weight excluding hydrogens is 208 g/mol. The predicted octanol–water partition coefficient (Wildman–Crippen LogP) is 4.10. The fourth-order valence-electron chi connectivity index (χ4n) is 3.79. The van der Waals surface area contributed by atoms with Gasteiger partial charge in [0.05, 0.1) is 12.7 Å². The van der Waals surface area contributed by atoms with Crippen LogP contribution in [0.5, 0.6) is 0 Å². The third-order valence-electron chi connectivity index (χ3n) is 5.01. The molecule has 94 valence electrons. The summed E-state index contributed by atoms with van der Waals surface area (Å²) in [6, 6.07) is 0. The van der Waals surface area contributed by atoms with Crippen molar-refractivity contribution in [1.29, 1.82) is 0 Å². The predicted molar refractivity (Wildman–Crippen MR) is 70.8 cm³/mol. The molecule has 1 saturated heterocycles. The first kappa shape index (κ1) is 11.5. The van der Waals surface area contributed by atoms with E-state index < -0.39 is 0 Å². The molecule has 0 aromatic carbocycles. The minimum atomic E-state index is 0.507. The van der Waals surface area contributed by atoms with E-state index in [0.29, 0.717) is 6.10 Å². The highest BCUT2D eigenvalue weighted by Crippen LogP contribution is 2.42. The van der Waals surface area contributed by atoms with E-state index in [1.54, 1.807) is 11.1 Å². The Labute approximate surface area is 105 Å². The zero-order valence-electron chi connectivity index (χ0n) is 11.1. The first-order valence-electron chi connectivity index (χ1n) is 7.18. The molecule has 2 aliphatic carbocycles. The van der Waals surface area contributed by atoms with Gasteiger partial charge in [-0.1, -0.05) is 23.3 Å². The lowest BCUT2D eigenvalue weighted by atomic mass is 9.71. The van der Waals surface area contributed by atoms with Crippen molar-refractivity contribution in [2.75, 3.05) is 6.61 Å². The summed E-state index contributed by atoms with van der Waals surface area (Å²) < 4.78 is 6.22. The van der Waals surface area contributed by atoms with Gasteiger partial charge in [0.2, 0.25) is 0 Å². The smallest absolute Gasteiger partial charge is 0.0671 e. The van der Waals surface area contributed by atoms with Crippen molar-refractivity contribution in [1.82, 2.24) is 0 Å². The monoisotopic (exact) mass is 232 g/mol. The summed E-state index contributed by atoms with van der Waals surface area (Å²) in [5, 5.41) is 0. The Balaban J connectivity index is 1.75. The molecule has 0 unspecified atom stereocenters. The van der Waals surface area contributed by atoms with Crippen LogP contribution < -0.4 is 0 Å². The van der Waals surface area contributed by atoms with E-state index in [1.165, 1.54) is 32.1 Å². The first-order chi connectivity index (χ1) is 8.24. The molecule has 0 N–H and O–H groups in total. The van der Waals surface area contributed by atoms with Crippen LogP contribution in [0.15, 0.2) is 23.3 Å². The molecule has 0 radical (unpaired) electrons. The van der Waals surface area contributed by atoms with Gasteiger partial charge in [0.1, 0.15) is 0 Å². The number of hydrogen-bond acceptors (Lipinski definition) is 1. The van der Waals surface area contributed by atoms with Crippen molar-refractivity contribution in [3.8, 4) is 0 Å². The molecule has 0 amide bonds. The van der Waals surface area contributed by atoms with Gasteiger partial charge in [-0.15, -0.1) is 0 Å². The van der Waals surface area contributed by atoms with Crippen LogP contribution in [0.3, 0.4) is 0 Å². The van der Waals surface area contributed by atoms with E-state index >= 15 is 0 Å². The van der Waals surface area contributed by atoms with Crippen LogP contribution >= 0.6 is 0 Å². The Morgan fingerprint density at radius 3 is 2.82 bits per heavy atom. The number of rotatable bonds is 1. The topological polar surface area (TPSA) is 9.23 Å². The molecule has 0 spiro atoms. The molecule has 0 aromatic heterocycles. The average Bonchev–Trinajstić information content (AvgIpc) is 2.36. The second-order valence-electron chi connectivity index (χ2n) is 6.27. The van der Waals surface area contributed by atoms with E-state index in [-0.39, 0.29) is 0 Å². The van der Waals surface area contributed by atoms with Crippen molar-refractivity contribution in [2.45, 2.75) is 52.1 Å². The lowest BCUT2D eigenvalue weighted by molar-refractivity contribution is -0.0807. The van der Waals surface area contributed by atoms with Gasteiger partial charge in [-0.2, -0.15) is 0 Å². The summed E-state index contributed by atoms with van der Waals surface area (Å²) >= 11 is 0. The second kappa shape index (κ2) is 4.61. The number of hydrogen-bond donors (Lipinski definition) is 0. The minimum Gasteiger partial charge on any atom is -0.377 e. The molecule has 0 aromatic rings. The molecule has 3 aliphatic rings. The Hall–Kier alpha value is -0.560. The molecule has 1 fully saturated rings. The quantitative estimate of drug-likeness (QED) is 0.618. The fraction of sp³-hybridized carbons (Fsp3) is 0.750. The van der Waals surface area contributed by atoms with Crippen molar-refractivity contribution in [3.05, 3.63) is 23.3 Å². The number of fused-ring (bicyclic) bond motifs is 2. The highest BCUT2D eigenvalue weighted by Gasteiger charge is 2.38. The van der Waals surface area contributed by atoms with Crippen LogP contribution in [-0.4, -0.2) is 12.7 Å². The summed E-state index contributed by atoms with van der Waals surface area (Å²) in [6.45, 7) is 5.58. The molecule has 0 saturated carbocycles. The Morgan fingerprint density at radius 2 is 2.06 bits per heavy atom. The van der Waals surface area contributed by atoms with Gasteiger partial charge in [0.15, 0.2) is 0 Å². The largest absolute Gasteiger partial charge is 0.377 e. The van der Waals surface area contributed by atoms with Crippen LogP contribution in [0.1, 0.15) is 46.0 Å². The highest BCUT2D eigenvalue weighted by atomic mass is 16.5. The summed E-state index contributed by atoms with van der Waals surface area (Å²) in [7, 11) is 0. The zero-order valence-corrected chi connectivity index (χ0v) is 11.1. The van der Waals surface area contributed by atoms with Gasteiger partial charge in [0, 0.05) is 5.92 Å². The average molecular weight is 232 g/mol. The second-order valence-corrected chi connectivity index (χ2v) is 6.27. The maximum absolute atomic E-state index is 6.22. The highest BCUT2D eigenvalue weighted by molar-refractivity contribution is 5.14. The molecule has 3 rings (SSSR count). The van der Waals surface area contributed by atoms with Crippen molar-refractivity contribution in [2.24, 2.45) is 17.8 Å². The van der Waals surface area contributed by atoms with Crippen LogP contribution in [-0.2, 0) is 4.74 Å². The van der Waals surface area contributed by atoms with Gasteiger partial charge in [0.25, 0.3) is 0 Å². The fourth-order valence-corrected chi connectivity index (χ4v) is 3.79. The SMILES string of the molecule is CC1=CC[C@@H]([C@H]2OC[C@H]3CC=C(C)[C@H]2C3)CC1. The summed E-state index contributed by atoms with van der Waals surface area (Å²) in [5.74, 6) is 2.30. The summed E-state index contributed by atoms with van der Waals surface area (Å²) in [4.78, 5) is 0. The molecule has 17 heavy (non-hydrogen) atoms. The van der Waals surface area contributed by atoms with E-state index in [1.807, 2.05) is 0 Å². The van der Waals surface area contributed by atoms with Crippen LogP contribution in [0.25, 0.3) is 0 Å². The van der Waals surface area contributed by atoms with Gasteiger partial charge < -0.3 is 4.74 Å². The van der Waals surface area contributed by atoms with Gasteiger partial charge in [-0.05, 0) is 57.8 Å². The summed E-state index contributed by atoms with van der Waals surface area (Å²) in [6.07, 6.45) is 11.9.